The molecule has 0 fully saturated rings. The summed E-state index contributed by atoms with van der Waals surface area (Å²) in [6, 6.07) is 11.3. The molecular formula is C20H24FN3O2. The molecule has 0 aliphatic rings. The van der Waals surface area contributed by atoms with Crippen LogP contribution in [0.1, 0.15) is 35.2 Å². The van der Waals surface area contributed by atoms with Crippen molar-refractivity contribution in [2.75, 3.05) is 6.54 Å². The van der Waals surface area contributed by atoms with E-state index in [1.54, 1.807) is 12.1 Å². The summed E-state index contributed by atoms with van der Waals surface area (Å²) in [6.07, 6.45) is 0. The molecule has 2 aromatic rings. The molecular weight excluding hydrogens is 333 g/mol. The maximum Gasteiger partial charge on any atom is 0.315 e. The lowest BCUT2D eigenvalue weighted by atomic mass is 10.00. The number of hydrogen-bond donors (Lipinski definition) is 3. The van der Waals surface area contributed by atoms with Crippen LogP contribution >= 0.6 is 0 Å². The number of aryl methyl sites for hydroxylation is 2. The Balaban J connectivity index is 1.76. The van der Waals surface area contributed by atoms with E-state index in [9.17, 15) is 14.0 Å². The monoisotopic (exact) mass is 357 g/mol. The Morgan fingerprint density at radius 3 is 2.42 bits per heavy atom. The molecule has 1 atom stereocenters. The number of hydrogen-bond acceptors (Lipinski definition) is 2. The van der Waals surface area contributed by atoms with Gasteiger partial charge in [-0.2, -0.15) is 0 Å². The van der Waals surface area contributed by atoms with Crippen molar-refractivity contribution in [1.82, 2.24) is 16.0 Å². The van der Waals surface area contributed by atoms with Gasteiger partial charge in [-0.1, -0.05) is 35.9 Å². The highest BCUT2D eigenvalue weighted by atomic mass is 19.1. The summed E-state index contributed by atoms with van der Waals surface area (Å²) in [5, 5.41) is 8.01. The van der Waals surface area contributed by atoms with Crippen LogP contribution in [0.4, 0.5) is 9.18 Å². The smallest absolute Gasteiger partial charge is 0.315 e. The van der Waals surface area contributed by atoms with Crippen LogP contribution in [-0.2, 0) is 11.3 Å². The molecule has 0 heterocycles. The van der Waals surface area contributed by atoms with Gasteiger partial charge in [0.15, 0.2) is 0 Å². The first-order chi connectivity index (χ1) is 12.3. The predicted octanol–water partition coefficient (Wildman–Crippen LogP) is 3.12. The van der Waals surface area contributed by atoms with Crippen molar-refractivity contribution in [2.24, 2.45) is 0 Å². The highest BCUT2D eigenvalue weighted by molar-refractivity contribution is 5.84. The van der Waals surface area contributed by atoms with E-state index in [1.165, 1.54) is 12.1 Å². The van der Waals surface area contributed by atoms with E-state index in [0.717, 1.165) is 22.3 Å². The van der Waals surface area contributed by atoms with Crippen LogP contribution in [0.25, 0.3) is 0 Å². The topological polar surface area (TPSA) is 70.2 Å². The lowest BCUT2D eigenvalue weighted by molar-refractivity contribution is -0.120. The lowest BCUT2D eigenvalue weighted by Gasteiger charge is -2.17. The third kappa shape index (κ3) is 5.88. The quantitative estimate of drug-likeness (QED) is 0.743. The van der Waals surface area contributed by atoms with Crippen molar-refractivity contribution in [2.45, 2.75) is 33.4 Å². The highest BCUT2D eigenvalue weighted by Gasteiger charge is 2.12. The van der Waals surface area contributed by atoms with Crippen molar-refractivity contribution < 1.29 is 14.0 Å². The fourth-order valence-electron chi connectivity index (χ4n) is 2.60. The molecule has 3 N–H and O–H groups in total. The maximum atomic E-state index is 12.8. The molecule has 0 saturated carbocycles. The van der Waals surface area contributed by atoms with Crippen LogP contribution in [0, 0.1) is 19.7 Å². The normalized spacial score (nSPS) is 11.5. The van der Waals surface area contributed by atoms with Crippen LogP contribution in [0.15, 0.2) is 42.5 Å². The van der Waals surface area contributed by atoms with Gasteiger partial charge in [-0.05, 0) is 49.6 Å². The molecule has 0 bridgehead atoms. The molecule has 0 radical (unpaired) electrons. The van der Waals surface area contributed by atoms with Crippen LogP contribution < -0.4 is 16.0 Å². The van der Waals surface area contributed by atoms with Gasteiger partial charge >= 0.3 is 6.03 Å². The fraction of sp³-hybridized carbons (Fsp3) is 0.300. The first kappa shape index (κ1) is 19.4. The number of nitrogens with one attached hydrogen (secondary N) is 3. The average molecular weight is 357 g/mol. The van der Waals surface area contributed by atoms with Crippen LogP contribution in [0.3, 0.4) is 0 Å². The van der Waals surface area contributed by atoms with Crippen LogP contribution in [0.2, 0.25) is 0 Å². The first-order valence-electron chi connectivity index (χ1n) is 8.48. The second-order valence-electron chi connectivity index (χ2n) is 6.31. The van der Waals surface area contributed by atoms with Crippen molar-refractivity contribution >= 4 is 11.9 Å². The second-order valence-corrected chi connectivity index (χ2v) is 6.31. The van der Waals surface area contributed by atoms with Gasteiger partial charge in [-0.3, -0.25) is 4.79 Å². The van der Waals surface area contributed by atoms with Gasteiger partial charge in [0.05, 0.1) is 12.6 Å². The molecule has 0 aromatic heterocycles. The van der Waals surface area contributed by atoms with E-state index in [0.29, 0.717) is 0 Å². The lowest BCUT2D eigenvalue weighted by Crippen LogP contribution is -2.42. The van der Waals surface area contributed by atoms with Crippen LogP contribution in [-0.4, -0.2) is 18.5 Å². The minimum atomic E-state index is -0.455. The van der Waals surface area contributed by atoms with Gasteiger partial charge in [0, 0.05) is 6.54 Å². The van der Waals surface area contributed by atoms with Crippen molar-refractivity contribution in [1.29, 1.82) is 0 Å². The molecule has 138 valence electrons. The molecule has 0 aliphatic heterocycles. The maximum absolute atomic E-state index is 12.8. The zero-order valence-electron chi connectivity index (χ0n) is 15.2. The number of halogens is 1. The highest BCUT2D eigenvalue weighted by Crippen LogP contribution is 2.18. The number of rotatable bonds is 6. The Morgan fingerprint density at radius 1 is 1.04 bits per heavy atom. The molecule has 0 spiro atoms. The molecule has 0 unspecified atom stereocenters. The van der Waals surface area contributed by atoms with Crippen molar-refractivity contribution in [3.05, 3.63) is 70.5 Å². The van der Waals surface area contributed by atoms with E-state index in [-0.39, 0.29) is 30.9 Å². The summed E-state index contributed by atoms with van der Waals surface area (Å²) >= 11 is 0. The number of benzene rings is 2. The number of amides is 3. The predicted molar refractivity (Wildman–Crippen MR) is 99.1 cm³/mol. The van der Waals surface area contributed by atoms with Crippen molar-refractivity contribution in [3.8, 4) is 0 Å². The number of urea groups is 1. The van der Waals surface area contributed by atoms with Gasteiger partial charge in [-0.15, -0.1) is 0 Å². The largest absolute Gasteiger partial charge is 0.348 e. The van der Waals surface area contributed by atoms with Gasteiger partial charge in [0.25, 0.3) is 0 Å². The average Bonchev–Trinajstić information content (AvgIpc) is 2.61. The van der Waals surface area contributed by atoms with E-state index < -0.39 is 6.03 Å². The van der Waals surface area contributed by atoms with E-state index in [2.05, 4.69) is 16.0 Å². The third-order valence-electron chi connectivity index (χ3n) is 4.05. The van der Waals surface area contributed by atoms with Gasteiger partial charge in [-0.25, -0.2) is 9.18 Å². The van der Waals surface area contributed by atoms with Crippen LogP contribution in [0.5, 0.6) is 0 Å². The molecule has 5 nitrogen and oxygen atoms in total. The molecule has 2 rings (SSSR count). The summed E-state index contributed by atoms with van der Waals surface area (Å²) in [5.74, 6) is -0.594. The van der Waals surface area contributed by atoms with Gasteiger partial charge in [0.2, 0.25) is 5.91 Å². The summed E-state index contributed by atoms with van der Waals surface area (Å²) in [5.41, 5.74) is 4.06. The molecule has 0 aliphatic carbocycles. The Bertz CT molecular complexity index is 775. The first-order valence-corrected chi connectivity index (χ1v) is 8.48. The zero-order valence-corrected chi connectivity index (χ0v) is 15.2. The molecule has 6 heteroatoms. The second kappa shape index (κ2) is 8.99. The van der Waals surface area contributed by atoms with E-state index >= 15 is 0 Å². The molecule has 26 heavy (non-hydrogen) atoms. The van der Waals surface area contributed by atoms with E-state index in [4.69, 9.17) is 0 Å². The number of carbonyl (C=O) groups is 2. The molecule has 0 saturated heterocycles. The Morgan fingerprint density at radius 2 is 1.73 bits per heavy atom. The number of carbonyl (C=O) groups excluding carboxylic acids is 2. The summed E-state index contributed by atoms with van der Waals surface area (Å²) in [4.78, 5) is 23.8. The van der Waals surface area contributed by atoms with Crippen molar-refractivity contribution in [3.63, 3.8) is 0 Å². The Hall–Kier alpha value is -2.89. The SMILES string of the molecule is Cc1ccc(C)c([C@H](C)NC(=O)CNC(=O)NCc2ccc(F)cc2)c1. The molecule has 3 amide bonds. The minimum absolute atomic E-state index is 0.121. The van der Waals surface area contributed by atoms with Gasteiger partial charge < -0.3 is 16.0 Å². The Labute approximate surface area is 153 Å². The summed E-state index contributed by atoms with van der Waals surface area (Å²) < 4.78 is 12.8. The summed E-state index contributed by atoms with van der Waals surface area (Å²) in [7, 11) is 0. The van der Waals surface area contributed by atoms with Gasteiger partial charge in [0.1, 0.15) is 5.82 Å². The third-order valence-corrected chi connectivity index (χ3v) is 4.05. The Kier molecular flexibility index (Phi) is 6.72. The fourth-order valence-corrected chi connectivity index (χ4v) is 2.60. The zero-order chi connectivity index (χ0) is 19.1. The van der Waals surface area contributed by atoms with E-state index in [1.807, 2.05) is 39.0 Å². The summed E-state index contributed by atoms with van der Waals surface area (Å²) in [6.45, 7) is 6.05. The standard InChI is InChI=1S/C20H24FN3O2/c1-13-4-5-14(2)18(10-13)15(3)24-19(25)12-23-20(26)22-11-16-6-8-17(21)9-7-16/h4-10,15H,11-12H2,1-3H3,(H,24,25)(H2,22,23,26)/t15-/m0/s1. The minimum Gasteiger partial charge on any atom is -0.348 e. The molecule has 2 aromatic carbocycles.